The van der Waals surface area contributed by atoms with E-state index in [1.807, 2.05) is 78.9 Å². The Morgan fingerprint density at radius 2 is 1.45 bits per heavy atom. The molecule has 144 valence electrons. The van der Waals surface area contributed by atoms with Gasteiger partial charge in [-0.2, -0.15) is 0 Å². The van der Waals surface area contributed by atoms with Gasteiger partial charge in [0.2, 0.25) is 0 Å². The molecule has 0 fully saturated rings. The topological polar surface area (TPSA) is 49.4 Å². The van der Waals surface area contributed by atoms with Gasteiger partial charge in [-0.3, -0.25) is 0 Å². The van der Waals surface area contributed by atoms with E-state index in [0.717, 1.165) is 16.7 Å². The van der Waals surface area contributed by atoms with Crippen molar-refractivity contribution >= 4 is 5.97 Å². The number of ether oxygens (including phenoxy) is 1. The molecule has 1 atom stereocenters. The number of rotatable bonds is 7. The molecule has 0 heterocycles. The number of carbonyl (C=O) groups is 1. The molecular formula is C25H25NaO3. The first kappa shape index (κ1) is 23.2. The minimum atomic E-state index is -1.45. The van der Waals surface area contributed by atoms with Crippen LogP contribution in [-0.2, 0) is 11.2 Å². The third-order valence-corrected chi connectivity index (χ3v) is 4.92. The molecule has 0 radical (unpaired) electrons. The first-order valence-corrected chi connectivity index (χ1v) is 9.52. The standard InChI is InChI=1S/C25H26O3.Na/c1-18(2)20-13-15-23(16-14-20)28-25(3,24(26)27)17-19-9-11-22(12-10-19)21-7-5-4-6-8-21;/h4-16,18H,17H2,1-3H3,(H,26,27);/q;+1/p-1. The molecule has 0 aliphatic rings. The minimum absolute atomic E-state index is 0. The molecule has 0 bridgehead atoms. The Hall–Kier alpha value is -2.07. The van der Waals surface area contributed by atoms with E-state index >= 15 is 0 Å². The molecule has 3 rings (SSSR count). The van der Waals surface area contributed by atoms with Crippen molar-refractivity contribution < 1.29 is 44.2 Å². The van der Waals surface area contributed by atoms with Crippen molar-refractivity contribution in [1.29, 1.82) is 0 Å². The molecular weight excluding hydrogens is 371 g/mol. The summed E-state index contributed by atoms with van der Waals surface area (Å²) in [6, 6.07) is 25.5. The minimum Gasteiger partial charge on any atom is -0.546 e. The number of carbonyl (C=O) groups excluding carboxylic acids is 1. The Bertz CT molecular complexity index is 919. The number of hydrogen-bond acceptors (Lipinski definition) is 3. The summed E-state index contributed by atoms with van der Waals surface area (Å²) in [6.07, 6.45) is 0.219. The number of hydrogen-bond donors (Lipinski definition) is 0. The summed E-state index contributed by atoms with van der Waals surface area (Å²) in [5, 5.41) is 11.9. The van der Waals surface area contributed by atoms with Crippen LogP contribution < -0.4 is 39.4 Å². The Labute approximate surface area is 195 Å². The van der Waals surface area contributed by atoms with E-state index in [0.29, 0.717) is 11.7 Å². The number of carboxylic acid groups (broad SMARTS) is 1. The van der Waals surface area contributed by atoms with Gasteiger partial charge >= 0.3 is 29.6 Å². The Kier molecular flexibility index (Phi) is 8.09. The van der Waals surface area contributed by atoms with Crippen LogP contribution in [0.25, 0.3) is 11.1 Å². The van der Waals surface area contributed by atoms with Crippen LogP contribution in [0.15, 0.2) is 78.9 Å². The van der Waals surface area contributed by atoms with Gasteiger partial charge in [0.05, 0.1) is 5.97 Å². The zero-order chi connectivity index (χ0) is 20.1. The van der Waals surface area contributed by atoms with Gasteiger partial charge in [-0.25, -0.2) is 0 Å². The Balaban J connectivity index is 0.00000300. The molecule has 4 heteroatoms. The average molecular weight is 396 g/mol. The monoisotopic (exact) mass is 396 g/mol. The van der Waals surface area contributed by atoms with Gasteiger partial charge < -0.3 is 14.6 Å². The fraction of sp³-hybridized carbons (Fsp3) is 0.240. The first-order chi connectivity index (χ1) is 13.4. The SMILES string of the molecule is CC(C)c1ccc(OC(C)(Cc2ccc(-c3ccccc3)cc2)C(=O)[O-])cc1.[Na+]. The molecule has 0 aliphatic carbocycles. The zero-order valence-electron chi connectivity index (χ0n) is 17.5. The normalized spacial score (nSPS) is 12.7. The van der Waals surface area contributed by atoms with Gasteiger partial charge in [0.1, 0.15) is 11.4 Å². The van der Waals surface area contributed by atoms with E-state index in [1.54, 1.807) is 6.92 Å². The van der Waals surface area contributed by atoms with Crippen molar-refractivity contribution in [3.8, 4) is 16.9 Å². The van der Waals surface area contributed by atoms with E-state index in [4.69, 9.17) is 4.74 Å². The first-order valence-electron chi connectivity index (χ1n) is 9.52. The van der Waals surface area contributed by atoms with Crippen LogP contribution in [-0.4, -0.2) is 11.6 Å². The van der Waals surface area contributed by atoms with Crippen molar-refractivity contribution in [1.82, 2.24) is 0 Å². The molecule has 0 aromatic heterocycles. The van der Waals surface area contributed by atoms with E-state index in [-0.39, 0.29) is 36.0 Å². The van der Waals surface area contributed by atoms with Crippen molar-refractivity contribution in [2.45, 2.75) is 38.7 Å². The summed E-state index contributed by atoms with van der Waals surface area (Å²) >= 11 is 0. The zero-order valence-corrected chi connectivity index (χ0v) is 19.5. The maximum Gasteiger partial charge on any atom is 1.00 e. The summed E-state index contributed by atoms with van der Waals surface area (Å²) in [5.41, 5.74) is 2.82. The molecule has 0 saturated heterocycles. The summed E-state index contributed by atoms with van der Waals surface area (Å²) < 4.78 is 5.85. The third kappa shape index (κ3) is 5.96. The predicted octanol–water partition coefficient (Wildman–Crippen LogP) is 1.61. The van der Waals surface area contributed by atoms with Crippen LogP contribution in [0.4, 0.5) is 0 Å². The second-order valence-electron chi connectivity index (χ2n) is 7.58. The van der Waals surface area contributed by atoms with Crippen LogP contribution in [0.3, 0.4) is 0 Å². The quantitative estimate of drug-likeness (QED) is 0.570. The van der Waals surface area contributed by atoms with E-state index in [1.165, 1.54) is 5.56 Å². The van der Waals surface area contributed by atoms with E-state index < -0.39 is 11.6 Å². The fourth-order valence-corrected chi connectivity index (χ4v) is 3.17. The maximum absolute atomic E-state index is 11.9. The molecule has 3 aromatic carbocycles. The molecule has 0 N–H and O–H groups in total. The van der Waals surface area contributed by atoms with Crippen molar-refractivity contribution in [2.75, 3.05) is 0 Å². The van der Waals surface area contributed by atoms with Gasteiger partial charge in [-0.05, 0) is 47.2 Å². The third-order valence-electron chi connectivity index (χ3n) is 4.92. The van der Waals surface area contributed by atoms with Gasteiger partial charge in [-0.15, -0.1) is 0 Å². The van der Waals surface area contributed by atoms with E-state index in [2.05, 4.69) is 13.8 Å². The van der Waals surface area contributed by atoms with Crippen LogP contribution in [0.1, 0.15) is 37.8 Å². The molecule has 3 aromatic rings. The molecule has 0 amide bonds. The maximum atomic E-state index is 11.9. The summed E-state index contributed by atoms with van der Waals surface area (Å²) in [7, 11) is 0. The smallest absolute Gasteiger partial charge is 0.546 e. The predicted molar refractivity (Wildman–Crippen MR) is 110 cm³/mol. The summed E-state index contributed by atoms with van der Waals surface area (Å²) in [6.45, 7) is 5.78. The molecule has 3 nitrogen and oxygen atoms in total. The Morgan fingerprint density at radius 3 is 1.97 bits per heavy atom. The average Bonchev–Trinajstić information content (AvgIpc) is 2.69. The number of aliphatic carboxylic acids is 1. The molecule has 29 heavy (non-hydrogen) atoms. The van der Waals surface area contributed by atoms with Gasteiger partial charge in [0.15, 0.2) is 0 Å². The second-order valence-corrected chi connectivity index (χ2v) is 7.58. The van der Waals surface area contributed by atoms with Crippen LogP contribution in [0, 0.1) is 0 Å². The van der Waals surface area contributed by atoms with Crippen molar-refractivity contribution in [3.63, 3.8) is 0 Å². The van der Waals surface area contributed by atoms with Crippen molar-refractivity contribution in [3.05, 3.63) is 90.0 Å². The van der Waals surface area contributed by atoms with Crippen LogP contribution in [0.2, 0.25) is 0 Å². The van der Waals surface area contributed by atoms with Crippen LogP contribution >= 0.6 is 0 Å². The second kappa shape index (κ2) is 10.1. The number of carboxylic acids is 1. The molecule has 0 aliphatic heterocycles. The molecule has 0 saturated carbocycles. The number of benzene rings is 3. The van der Waals surface area contributed by atoms with E-state index in [9.17, 15) is 9.90 Å². The Morgan fingerprint density at radius 1 is 0.897 bits per heavy atom. The molecule has 0 spiro atoms. The molecule has 1 unspecified atom stereocenters. The van der Waals surface area contributed by atoms with Gasteiger partial charge in [-0.1, -0.05) is 80.6 Å². The van der Waals surface area contributed by atoms with Gasteiger partial charge in [0.25, 0.3) is 0 Å². The summed E-state index contributed by atoms with van der Waals surface area (Å²) in [4.78, 5) is 11.9. The van der Waals surface area contributed by atoms with Gasteiger partial charge in [0, 0.05) is 6.42 Å². The largest absolute Gasteiger partial charge is 1.00 e. The summed E-state index contributed by atoms with van der Waals surface area (Å²) in [5.74, 6) is -0.297. The van der Waals surface area contributed by atoms with Crippen molar-refractivity contribution in [2.24, 2.45) is 0 Å². The fourth-order valence-electron chi connectivity index (χ4n) is 3.17. The van der Waals surface area contributed by atoms with Crippen LogP contribution in [0.5, 0.6) is 5.75 Å².